The van der Waals surface area contributed by atoms with Crippen molar-refractivity contribution in [1.82, 2.24) is 4.98 Å². The molecule has 0 saturated heterocycles. The van der Waals surface area contributed by atoms with Crippen LogP contribution in [0.5, 0.6) is 11.5 Å². The van der Waals surface area contributed by atoms with Gasteiger partial charge in [-0.2, -0.15) is 0 Å². The molecule has 302 valence electrons. The molecular weight excluding hydrogens is 777 g/mol. The maximum absolute atomic E-state index is 7.11. The van der Waals surface area contributed by atoms with Gasteiger partial charge in [-0.3, -0.25) is 0 Å². The number of aromatic nitrogens is 1. The smallest absolute Gasteiger partial charge is 0.152 e. The predicted molar refractivity (Wildman–Crippen MR) is 267 cm³/mol. The number of rotatable bonds is 6. The normalized spacial score (nSPS) is 13.6. The lowest BCUT2D eigenvalue weighted by molar-refractivity contribution is 0.477. The molecule has 0 unspecified atom stereocenters. The van der Waals surface area contributed by atoms with Crippen LogP contribution in [0.1, 0.15) is 29.5 Å². The number of hydrogen-bond acceptors (Lipinski definition) is 2. The molecule has 2 heterocycles. The van der Waals surface area contributed by atoms with Crippen molar-refractivity contribution in [2.24, 2.45) is 0 Å². The maximum atomic E-state index is 7.11. The molecule has 3 aliphatic rings. The molecule has 3 nitrogen and oxygen atoms in total. The van der Waals surface area contributed by atoms with Crippen LogP contribution >= 0.6 is 0 Å². The first-order valence-electron chi connectivity index (χ1n) is 22.3. The van der Waals surface area contributed by atoms with Gasteiger partial charge in [0.2, 0.25) is 0 Å². The molecule has 1 aromatic heterocycles. The van der Waals surface area contributed by atoms with Crippen molar-refractivity contribution in [3.63, 3.8) is 0 Å². The largest absolute Gasteiger partial charge is 0.453 e. The van der Waals surface area contributed by atoms with E-state index in [2.05, 4.69) is 222 Å². The fourth-order valence-electron chi connectivity index (χ4n) is 10.5. The monoisotopic (exact) mass is 818 g/mol. The van der Waals surface area contributed by atoms with E-state index < -0.39 is 0 Å². The molecule has 13 rings (SSSR count). The molecule has 1 aliphatic heterocycles. The molecule has 2 aliphatic carbocycles. The van der Waals surface area contributed by atoms with Gasteiger partial charge in [0.25, 0.3) is 0 Å². The average Bonchev–Trinajstić information content (AvgIpc) is 3.95. The standard InChI is InChI=1S/C61H42N2O/c1-4-14-39(15-5-1)40-28-32-45(33-29-40)63-56-34-30-43(47-21-11-25-51-50-24-10-20-46(54(50)38-55(47)51)41-16-6-2-7-17-41)36-58(56)64-59-37-44(31-35-57(59)63)49-23-13-27-53-52-26-12-22-48(60(52)62-61(49)53)42-18-8-3-9-19-42/h1-6,8-16,18-37,62H,7,17,38H2. The number of benzene rings is 9. The lowest BCUT2D eigenvalue weighted by atomic mass is 9.91. The van der Waals surface area contributed by atoms with Crippen LogP contribution in [0, 0.1) is 0 Å². The summed E-state index contributed by atoms with van der Waals surface area (Å²) in [7, 11) is 0. The minimum Gasteiger partial charge on any atom is -0.453 e. The van der Waals surface area contributed by atoms with Gasteiger partial charge >= 0.3 is 0 Å². The molecule has 0 atom stereocenters. The molecule has 0 spiro atoms. The number of anilines is 3. The number of aromatic amines is 1. The van der Waals surface area contributed by atoms with Crippen molar-refractivity contribution in [3.8, 4) is 67.1 Å². The highest BCUT2D eigenvalue weighted by atomic mass is 16.5. The first-order valence-corrected chi connectivity index (χ1v) is 22.3. The molecule has 0 fully saturated rings. The Balaban J connectivity index is 0.932. The summed E-state index contributed by atoms with van der Waals surface area (Å²) in [5.41, 5.74) is 23.1. The van der Waals surface area contributed by atoms with Gasteiger partial charge < -0.3 is 14.6 Å². The van der Waals surface area contributed by atoms with E-state index in [4.69, 9.17) is 4.74 Å². The minimum absolute atomic E-state index is 0.817. The minimum atomic E-state index is 0.817. The van der Waals surface area contributed by atoms with E-state index in [0.29, 0.717) is 0 Å². The Morgan fingerprint density at radius 1 is 0.422 bits per heavy atom. The number of fused-ring (bicyclic) bond motifs is 8. The Hall–Kier alpha value is -8.14. The number of nitrogens with zero attached hydrogens (tertiary/aromatic N) is 1. The van der Waals surface area contributed by atoms with Crippen molar-refractivity contribution in [3.05, 3.63) is 229 Å². The van der Waals surface area contributed by atoms with Gasteiger partial charge in [-0.05, 0) is 122 Å². The SMILES string of the molecule is C1=CCCC(c2cccc3c2Cc2c(-c4ccc5c(c4)Oc4cc(-c6cccc7c6[nH]c6c(-c8ccccc8)cccc67)ccc4N5c4ccc(-c5ccccc5)cc4)cccc2-3)=C1. The quantitative estimate of drug-likeness (QED) is 0.181. The van der Waals surface area contributed by atoms with E-state index in [9.17, 15) is 0 Å². The number of para-hydroxylation sites is 2. The summed E-state index contributed by atoms with van der Waals surface area (Å²) in [5, 5.41) is 2.42. The second-order valence-electron chi connectivity index (χ2n) is 17.2. The Bertz CT molecular complexity index is 3540. The number of nitrogens with one attached hydrogen (secondary N) is 1. The summed E-state index contributed by atoms with van der Waals surface area (Å²) >= 11 is 0. The molecule has 3 heteroatoms. The van der Waals surface area contributed by atoms with Gasteiger partial charge in [0, 0.05) is 27.6 Å². The molecule has 0 amide bonds. The molecule has 10 aromatic rings. The fraction of sp³-hybridized carbons (Fsp3) is 0.0492. The molecule has 64 heavy (non-hydrogen) atoms. The zero-order valence-electron chi connectivity index (χ0n) is 35.2. The van der Waals surface area contributed by atoms with Crippen LogP contribution in [-0.4, -0.2) is 4.98 Å². The Kier molecular flexibility index (Phi) is 8.42. The average molecular weight is 819 g/mol. The highest BCUT2D eigenvalue weighted by Crippen LogP contribution is 2.54. The van der Waals surface area contributed by atoms with Crippen LogP contribution in [0.3, 0.4) is 0 Å². The first kappa shape index (κ1) is 36.5. The predicted octanol–water partition coefficient (Wildman–Crippen LogP) is 16.9. The van der Waals surface area contributed by atoms with E-state index in [1.165, 1.54) is 72.0 Å². The van der Waals surface area contributed by atoms with E-state index in [1.807, 2.05) is 0 Å². The van der Waals surface area contributed by atoms with Gasteiger partial charge in [-0.15, -0.1) is 0 Å². The van der Waals surface area contributed by atoms with Gasteiger partial charge in [0.15, 0.2) is 11.5 Å². The highest BCUT2D eigenvalue weighted by Gasteiger charge is 2.29. The van der Waals surface area contributed by atoms with Crippen molar-refractivity contribution < 1.29 is 4.74 Å². The van der Waals surface area contributed by atoms with Crippen molar-refractivity contribution in [2.75, 3.05) is 4.90 Å². The summed E-state index contributed by atoms with van der Waals surface area (Å²) < 4.78 is 7.11. The zero-order valence-corrected chi connectivity index (χ0v) is 35.2. The summed E-state index contributed by atoms with van der Waals surface area (Å²) in [5.74, 6) is 1.65. The van der Waals surface area contributed by atoms with E-state index in [-0.39, 0.29) is 0 Å². The lowest BCUT2D eigenvalue weighted by Gasteiger charge is -2.33. The summed E-state index contributed by atoms with van der Waals surface area (Å²) in [6, 6.07) is 70.5. The van der Waals surface area contributed by atoms with Crippen molar-refractivity contribution in [1.29, 1.82) is 0 Å². The van der Waals surface area contributed by atoms with Crippen LogP contribution in [0.15, 0.2) is 212 Å². The molecule has 1 N–H and O–H groups in total. The third kappa shape index (κ3) is 5.89. The Labute approximate surface area is 372 Å². The van der Waals surface area contributed by atoms with Crippen LogP contribution in [0.4, 0.5) is 17.1 Å². The summed E-state index contributed by atoms with van der Waals surface area (Å²) in [6.07, 6.45) is 9.87. The summed E-state index contributed by atoms with van der Waals surface area (Å²) in [6.45, 7) is 0. The number of H-pyrrole nitrogens is 1. The molecule has 0 radical (unpaired) electrons. The first-order chi connectivity index (χ1) is 31.7. The fourth-order valence-corrected chi connectivity index (χ4v) is 10.5. The van der Waals surface area contributed by atoms with Gasteiger partial charge in [0.05, 0.1) is 22.4 Å². The van der Waals surface area contributed by atoms with E-state index in [0.717, 1.165) is 75.5 Å². The van der Waals surface area contributed by atoms with E-state index >= 15 is 0 Å². The Morgan fingerprint density at radius 3 is 1.58 bits per heavy atom. The maximum Gasteiger partial charge on any atom is 0.152 e. The molecule has 0 bridgehead atoms. The zero-order chi connectivity index (χ0) is 42.1. The second-order valence-corrected chi connectivity index (χ2v) is 17.2. The van der Waals surface area contributed by atoms with Gasteiger partial charge in [-0.25, -0.2) is 0 Å². The topological polar surface area (TPSA) is 28.3 Å². The van der Waals surface area contributed by atoms with Crippen molar-refractivity contribution in [2.45, 2.75) is 19.3 Å². The lowest BCUT2D eigenvalue weighted by Crippen LogP contribution is -2.16. The number of hydrogen-bond donors (Lipinski definition) is 1. The van der Waals surface area contributed by atoms with Crippen LogP contribution in [0.25, 0.3) is 83.0 Å². The summed E-state index contributed by atoms with van der Waals surface area (Å²) in [4.78, 5) is 6.24. The van der Waals surface area contributed by atoms with Gasteiger partial charge in [-0.1, -0.05) is 176 Å². The molecule has 9 aromatic carbocycles. The van der Waals surface area contributed by atoms with Crippen LogP contribution in [-0.2, 0) is 6.42 Å². The number of ether oxygens (including phenoxy) is 1. The van der Waals surface area contributed by atoms with Gasteiger partial charge in [0.1, 0.15) is 0 Å². The van der Waals surface area contributed by atoms with E-state index in [1.54, 1.807) is 0 Å². The Morgan fingerprint density at radius 2 is 0.938 bits per heavy atom. The molecular formula is C61H42N2O. The van der Waals surface area contributed by atoms with Crippen LogP contribution < -0.4 is 9.64 Å². The van der Waals surface area contributed by atoms with Crippen molar-refractivity contribution >= 4 is 44.4 Å². The molecule has 0 saturated carbocycles. The third-order valence-electron chi connectivity index (χ3n) is 13.6. The highest BCUT2D eigenvalue weighted by molar-refractivity contribution is 6.15. The third-order valence-corrected chi connectivity index (χ3v) is 13.6. The van der Waals surface area contributed by atoms with Crippen LogP contribution in [0.2, 0.25) is 0 Å². The second kappa shape index (κ2) is 14.8. The number of allylic oxidation sites excluding steroid dienone is 4.